The van der Waals surface area contributed by atoms with E-state index in [2.05, 4.69) is 15.3 Å². The van der Waals surface area contributed by atoms with Gasteiger partial charge in [0, 0.05) is 49.0 Å². The van der Waals surface area contributed by atoms with Gasteiger partial charge in [-0.15, -0.1) is 0 Å². The van der Waals surface area contributed by atoms with Crippen molar-refractivity contribution in [2.45, 2.75) is 30.7 Å². The number of rotatable bonds is 5. The number of H-pyrrole nitrogens is 1. The molecule has 0 atom stereocenters. The lowest BCUT2D eigenvalue weighted by molar-refractivity contribution is 0.0952. The average molecular weight is 426 g/mol. The number of nitrogens with zero attached hydrogens (tertiary/aromatic N) is 2. The summed E-state index contributed by atoms with van der Waals surface area (Å²) >= 11 is 0. The number of hydrogen-bond donors (Lipinski definition) is 2. The van der Waals surface area contributed by atoms with E-state index in [-0.39, 0.29) is 17.0 Å². The fraction of sp³-hybridized carbons (Fsp3) is 0.286. The summed E-state index contributed by atoms with van der Waals surface area (Å²) in [5.74, 6) is -0.456. The maximum absolute atomic E-state index is 13.0. The zero-order chi connectivity index (χ0) is 21.1. The lowest BCUT2D eigenvalue weighted by Gasteiger charge is -2.26. The molecule has 1 saturated heterocycles. The topological polar surface area (TPSA) is 112 Å². The van der Waals surface area contributed by atoms with Crippen LogP contribution in [0.4, 0.5) is 0 Å². The Morgan fingerprint density at radius 2 is 1.93 bits per heavy atom. The van der Waals surface area contributed by atoms with Gasteiger partial charge in [-0.25, -0.2) is 8.42 Å². The number of sulfonamides is 1. The maximum Gasteiger partial charge on any atom is 0.252 e. The van der Waals surface area contributed by atoms with Crippen molar-refractivity contribution in [1.29, 1.82) is 0 Å². The minimum absolute atomic E-state index is 0.116. The van der Waals surface area contributed by atoms with Crippen LogP contribution in [0.25, 0.3) is 10.9 Å². The number of aromatic nitrogens is 2. The van der Waals surface area contributed by atoms with Gasteiger partial charge in [-0.05, 0) is 42.7 Å². The predicted octanol–water partition coefficient (Wildman–Crippen LogP) is 2.03. The first-order chi connectivity index (χ1) is 14.4. The maximum atomic E-state index is 13.0. The molecule has 0 radical (unpaired) electrons. The highest BCUT2D eigenvalue weighted by Crippen LogP contribution is 2.25. The zero-order valence-electron chi connectivity index (χ0n) is 16.3. The third-order valence-corrected chi connectivity index (χ3v) is 7.08. The van der Waals surface area contributed by atoms with E-state index in [0.717, 1.165) is 24.8 Å². The predicted molar refractivity (Wildman–Crippen MR) is 113 cm³/mol. The van der Waals surface area contributed by atoms with Gasteiger partial charge in [0.1, 0.15) is 0 Å². The van der Waals surface area contributed by atoms with Crippen LogP contribution in [0.5, 0.6) is 0 Å². The van der Waals surface area contributed by atoms with Crippen LogP contribution in [0.3, 0.4) is 0 Å². The van der Waals surface area contributed by atoms with Crippen LogP contribution in [0.2, 0.25) is 0 Å². The second-order valence-electron chi connectivity index (χ2n) is 7.26. The van der Waals surface area contributed by atoms with Crippen molar-refractivity contribution in [2.24, 2.45) is 0 Å². The van der Waals surface area contributed by atoms with Crippen LogP contribution in [0, 0.1) is 0 Å². The molecular weight excluding hydrogens is 404 g/mol. The van der Waals surface area contributed by atoms with E-state index in [0.29, 0.717) is 24.0 Å². The summed E-state index contributed by atoms with van der Waals surface area (Å²) in [5, 5.41) is 3.15. The Morgan fingerprint density at radius 1 is 1.13 bits per heavy atom. The van der Waals surface area contributed by atoms with Gasteiger partial charge < -0.3 is 10.3 Å². The molecule has 1 amide bonds. The molecule has 3 heterocycles. The molecule has 1 aromatic carbocycles. The molecule has 1 aliphatic heterocycles. The Kier molecular flexibility index (Phi) is 5.65. The lowest BCUT2D eigenvalue weighted by atomic mass is 10.1. The Hall–Kier alpha value is -3.04. The summed E-state index contributed by atoms with van der Waals surface area (Å²) in [4.78, 5) is 31.6. The largest absolute Gasteiger partial charge is 0.348 e. The second kappa shape index (κ2) is 8.37. The summed E-state index contributed by atoms with van der Waals surface area (Å²) in [6.07, 6.45) is 5.97. The first kappa shape index (κ1) is 20.2. The molecular formula is C21H22N4O4S. The van der Waals surface area contributed by atoms with Crippen molar-refractivity contribution in [2.75, 3.05) is 13.1 Å². The number of piperidine rings is 1. The fourth-order valence-electron chi connectivity index (χ4n) is 3.62. The SMILES string of the molecule is O=C(NCc1cccnc1)c1cc(=O)[nH]c2ccc(S(=O)(=O)N3CCCCC3)cc12. The van der Waals surface area contributed by atoms with Crippen molar-refractivity contribution in [1.82, 2.24) is 19.6 Å². The van der Waals surface area contributed by atoms with Gasteiger partial charge in [0.25, 0.3) is 5.91 Å². The van der Waals surface area contributed by atoms with Crippen molar-refractivity contribution < 1.29 is 13.2 Å². The summed E-state index contributed by atoms with van der Waals surface area (Å²) in [6.45, 7) is 1.22. The van der Waals surface area contributed by atoms with Gasteiger partial charge >= 0.3 is 0 Å². The van der Waals surface area contributed by atoms with Gasteiger partial charge in [-0.1, -0.05) is 12.5 Å². The first-order valence-corrected chi connectivity index (χ1v) is 11.2. The molecule has 2 N–H and O–H groups in total. The van der Waals surface area contributed by atoms with E-state index in [1.165, 1.54) is 28.6 Å². The normalized spacial score (nSPS) is 15.2. The average Bonchev–Trinajstić information content (AvgIpc) is 2.77. The molecule has 4 rings (SSSR count). The molecule has 156 valence electrons. The van der Waals surface area contributed by atoms with E-state index in [1.807, 2.05) is 6.07 Å². The van der Waals surface area contributed by atoms with E-state index in [9.17, 15) is 18.0 Å². The van der Waals surface area contributed by atoms with Crippen molar-refractivity contribution in [3.8, 4) is 0 Å². The first-order valence-electron chi connectivity index (χ1n) is 9.79. The van der Waals surface area contributed by atoms with Gasteiger partial charge in [0.05, 0.1) is 10.5 Å². The number of hydrogen-bond acceptors (Lipinski definition) is 5. The minimum atomic E-state index is -3.66. The number of carbonyl (C=O) groups excluding carboxylic acids is 1. The van der Waals surface area contributed by atoms with Crippen LogP contribution in [-0.4, -0.2) is 41.7 Å². The molecule has 8 nitrogen and oxygen atoms in total. The summed E-state index contributed by atoms with van der Waals surface area (Å²) in [7, 11) is -3.66. The Morgan fingerprint density at radius 3 is 2.67 bits per heavy atom. The molecule has 30 heavy (non-hydrogen) atoms. The number of fused-ring (bicyclic) bond motifs is 1. The molecule has 0 aliphatic carbocycles. The standard InChI is InChI=1S/C21H22N4O4S/c26-20-12-18(21(27)23-14-15-5-4-8-22-13-15)17-11-16(6-7-19(17)24-20)30(28,29)25-9-2-1-3-10-25/h4-8,11-13H,1-3,9-10,14H2,(H,23,27)(H,24,26). The number of aromatic amines is 1. The van der Waals surface area contributed by atoms with Gasteiger partial charge in [-0.3, -0.25) is 14.6 Å². The van der Waals surface area contributed by atoms with E-state index < -0.39 is 21.5 Å². The fourth-order valence-corrected chi connectivity index (χ4v) is 5.16. The quantitative estimate of drug-likeness (QED) is 0.648. The van der Waals surface area contributed by atoms with Crippen LogP contribution >= 0.6 is 0 Å². The molecule has 2 aromatic heterocycles. The highest BCUT2D eigenvalue weighted by Gasteiger charge is 2.26. The van der Waals surface area contributed by atoms with Crippen molar-refractivity contribution >= 4 is 26.8 Å². The van der Waals surface area contributed by atoms with Gasteiger partial charge in [-0.2, -0.15) is 4.31 Å². The van der Waals surface area contributed by atoms with E-state index >= 15 is 0 Å². The summed E-state index contributed by atoms with van der Waals surface area (Å²) in [5.41, 5.74) is 0.925. The number of amides is 1. The molecule has 0 spiro atoms. The van der Waals surface area contributed by atoms with Crippen LogP contribution in [-0.2, 0) is 16.6 Å². The number of pyridine rings is 2. The number of nitrogens with one attached hydrogen (secondary N) is 2. The Balaban J connectivity index is 1.69. The molecule has 1 aliphatic rings. The third-order valence-electron chi connectivity index (χ3n) is 5.19. The molecule has 0 saturated carbocycles. The number of carbonyl (C=O) groups is 1. The third kappa shape index (κ3) is 4.12. The van der Waals surface area contributed by atoms with E-state index in [4.69, 9.17) is 0 Å². The molecule has 0 bridgehead atoms. The molecule has 3 aromatic rings. The highest BCUT2D eigenvalue weighted by molar-refractivity contribution is 7.89. The van der Waals surface area contributed by atoms with Crippen LogP contribution < -0.4 is 10.9 Å². The monoisotopic (exact) mass is 426 g/mol. The van der Waals surface area contributed by atoms with Gasteiger partial charge in [0.15, 0.2) is 0 Å². The van der Waals surface area contributed by atoms with Gasteiger partial charge in [0.2, 0.25) is 15.6 Å². The molecule has 9 heteroatoms. The molecule has 1 fully saturated rings. The Labute approximate surface area is 174 Å². The Bertz CT molecular complexity index is 1230. The minimum Gasteiger partial charge on any atom is -0.348 e. The highest BCUT2D eigenvalue weighted by atomic mass is 32.2. The van der Waals surface area contributed by atoms with Crippen LogP contribution in [0.15, 0.2) is 58.5 Å². The van der Waals surface area contributed by atoms with Crippen molar-refractivity contribution in [3.05, 3.63) is 70.3 Å². The van der Waals surface area contributed by atoms with Crippen molar-refractivity contribution in [3.63, 3.8) is 0 Å². The summed E-state index contributed by atoms with van der Waals surface area (Å²) < 4.78 is 27.6. The number of benzene rings is 1. The van der Waals surface area contributed by atoms with Crippen LogP contribution in [0.1, 0.15) is 35.2 Å². The smallest absolute Gasteiger partial charge is 0.252 e. The summed E-state index contributed by atoms with van der Waals surface area (Å²) in [6, 6.07) is 9.26. The zero-order valence-corrected chi connectivity index (χ0v) is 17.1. The van der Waals surface area contributed by atoms with E-state index in [1.54, 1.807) is 18.5 Å². The molecule has 0 unspecified atom stereocenters. The second-order valence-corrected chi connectivity index (χ2v) is 9.20. The lowest BCUT2D eigenvalue weighted by Crippen LogP contribution is -2.35.